The number of amides is 1. The molecule has 1 amide bonds. The third-order valence-electron chi connectivity index (χ3n) is 4.42. The van der Waals surface area contributed by atoms with Crippen LogP contribution in [0, 0.1) is 5.92 Å². The van der Waals surface area contributed by atoms with E-state index in [1.54, 1.807) is 17.3 Å². The van der Waals surface area contributed by atoms with Crippen LogP contribution in [0.4, 0.5) is 0 Å². The minimum absolute atomic E-state index is 0.0400. The number of hydrogen-bond donors (Lipinski definition) is 0. The molecule has 0 bridgehead atoms. The molecular formula is C22H20N4OS2. The van der Waals surface area contributed by atoms with Crippen molar-refractivity contribution in [3.8, 4) is 16.9 Å². The number of para-hydroxylation sites is 1. The number of nitrogens with zero attached hydrogens (tertiary/aromatic N) is 4. The summed E-state index contributed by atoms with van der Waals surface area (Å²) in [5.41, 5.74) is 3.56. The van der Waals surface area contributed by atoms with Gasteiger partial charge in [0.05, 0.1) is 10.6 Å². The molecule has 1 aliphatic rings. The second kappa shape index (κ2) is 8.31. The Labute approximate surface area is 179 Å². The van der Waals surface area contributed by atoms with Crippen LogP contribution in [-0.4, -0.2) is 36.4 Å². The van der Waals surface area contributed by atoms with E-state index in [1.807, 2.05) is 59.4 Å². The summed E-state index contributed by atoms with van der Waals surface area (Å²) in [5.74, 6) is 0.312. The molecule has 1 saturated heterocycles. The van der Waals surface area contributed by atoms with Gasteiger partial charge in [0, 0.05) is 36.3 Å². The van der Waals surface area contributed by atoms with Crippen molar-refractivity contribution in [2.45, 2.75) is 13.8 Å². The molecule has 0 radical (unpaired) electrons. The van der Waals surface area contributed by atoms with Crippen LogP contribution in [0.3, 0.4) is 0 Å². The molecule has 0 saturated carbocycles. The predicted molar refractivity (Wildman–Crippen MR) is 122 cm³/mol. The largest absolute Gasteiger partial charge is 0.293 e. The average Bonchev–Trinajstić information content (AvgIpc) is 3.26. The maximum Gasteiger partial charge on any atom is 0.266 e. The van der Waals surface area contributed by atoms with Crippen molar-refractivity contribution in [3.63, 3.8) is 0 Å². The lowest BCUT2D eigenvalue weighted by molar-refractivity contribution is -0.122. The van der Waals surface area contributed by atoms with Crippen LogP contribution in [-0.2, 0) is 4.79 Å². The molecule has 0 spiro atoms. The number of thioether (sulfide) groups is 1. The van der Waals surface area contributed by atoms with Crippen LogP contribution in [0.5, 0.6) is 0 Å². The van der Waals surface area contributed by atoms with Gasteiger partial charge in [-0.25, -0.2) is 4.68 Å². The van der Waals surface area contributed by atoms with E-state index in [4.69, 9.17) is 17.3 Å². The van der Waals surface area contributed by atoms with Gasteiger partial charge in [-0.05, 0) is 36.3 Å². The highest BCUT2D eigenvalue weighted by molar-refractivity contribution is 8.26. The summed E-state index contributed by atoms with van der Waals surface area (Å²) in [6.45, 7) is 4.78. The molecule has 5 nitrogen and oxygen atoms in total. The summed E-state index contributed by atoms with van der Waals surface area (Å²) < 4.78 is 2.44. The van der Waals surface area contributed by atoms with Crippen molar-refractivity contribution in [3.05, 3.63) is 71.5 Å². The standard InChI is InChI=1S/C22H20N4OS2/c1-15(2)13-25-21(27)19(29-22(25)28)12-17-14-26(18-6-4-3-5-7-18)24-20(17)16-8-10-23-11-9-16/h3-12,14-15H,13H2,1-2H3. The van der Waals surface area contributed by atoms with E-state index in [2.05, 4.69) is 18.8 Å². The third-order valence-corrected chi connectivity index (χ3v) is 5.80. The van der Waals surface area contributed by atoms with Gasteiger partial charge in [-0.15, -0.1) is 0 Å². The first-order valence-electron chi connectivity index (χ1n) is 9.34. The van der Waals surface area contributed by atoms with Crippen LogP contribution in [0.25, 0.3) is 23.0 Å². The van der Waals surface area contributed by atoms with Crippen LogP contribution < -0.4 is 0 Å². The van der Waals surface area contributed by atoms with Crippen molar-refractivity contribution in [2.75, 3.05) is 6.54 Å². The molecular weight excluding hydrogens is 400 g/mol. The van der Waals surface area contributed by atoms with Crippen LogP contribution in [0.15, 0.2) is 66.0 Å². The summed E-state index contributed by atoms with van der Waals surface area (Å²) in [4.78, 5) is 19.3. The molecule has 4 rings (SSSR count). The summed E-state index contributed by atoms with van der Waals surface area (Å²) in [7, 11) is 0. The van der Waals surface area contributed by atoms with Gasteiger partial charge in [0.25, 0.3) is 5.91 Å². The molecule has 1 fully saturated rings. The first-order chi connectivity index (χ1) is 14.0. The maximum atomic E-state index is 12.9. The smallest absolute Gasteiger partial charge is 0.266 e. The molecule has 7 heteroatoms. The van der Waals surface area contributed by atoms with Gasteiger partial charge >= 0.3 is 0 Å². The Morgan fingerprint density at radius 1 is 1.14 bits per heavy atom. The summed E-state index contributed by atoms with van der Waals surface area (Å²) in [6, 6.07) is 13.7. The quantitative estimate of drug-likeness (QED) is 0.439. The van der Waals surface area contributed by atoms with Crippen molar-refractivity contribution in [1.29, 1.82) is 0 Å². The number of rotatable bonds is 5. The van der Waals surface area contributed by atoms with Gasteiger partial charge in [0.15, 0.2) is 0 Å². The van der Waals surface area contributed by atoms with E-state index < -0.39 is 0 Å². The number of hydrogen-bond acceptors (Lipinski definition) is 5. The minimum atomic E-state index is -0.0400. The highest BCUT2D eigenvalue weighted by Gasteiger charge is 2.32. The highest BCUT2D eigenvalue weighted by atomic mass is 32.2. The van der Waals surface area contributed by atoms with Crippen LogP contribution >= 0.6 is 24.0 Å². The van der Waals surface area contributed by atoms with Crippen molar-refractivity contribution in [2.24, 2.45) is 5.92 Å². The minimum Gasteiger partial charge on any atom is -0.293 e. The van der Waals surface area contributed by atoms with Crippen molar-refractivity contribution >= 4 is 40.3 Å². The summed E-state index contributed by atoms with van der Waals surface area (Å²) >= 11 is 6.78. The van der Waals surface area contributed by atoms with Gasteiger partial charge in [0.1, 0.15) is 10.0 Å². The van der Waals surface area contributed by atoms with Crippen LogP contribution in [0.2, 0.25) is 0 Å². The lowest BCUT2D eigenvalue weighted by Crippen LogP contribution is -2.31. The lowest BCUT2D eigenvalue weighted by atomic mass is 10.1. The Hall–Kier alpha value is -2.77. The molecule has 0 aliphatic carbocycles. The monoisotopic (exact) mass is 420 g/mol. The van der Waals surface area contributed by atoms with Crippen molar-refractivity contribution < 1.29 is 4.79 Å². The Morgan fingerprint density at radius 2 is 1.86 bits per heavy atom. The molecule has 3 aromatic rings. The van der Waals surface area contributed by atoms with Gasteiger partial charge in [-0.3, -0.25) is 14.7 Å². The fourth-order valence-electron chi connectivity index (χ4n) is 3.10. The summed E-state index contributed by atoms with van der Waals surface area (Å²) in [6.07, 6.45) is 7.31. The molecule has 1 aliphatic heterocycles. The zero-order valence-corrected chi connectivity index (χ0v) is 17.8. The fraction of sp³-hybridized carbons (Fsp3) is 0.182. The predicted octanol–water partition coefficient (Wildman–Crippen LogP) is 4.79. The average molecular weight is 421 g/mol. The SMILES string of the molecule is CC(C)CN1C(=O)C(=Cc2cn(-c3ccccc3)nc2-c2ccncc2)SC1=S. The molecule has 2 aromatic heterocycles. The molecule has 0 N–H and O–H groups in total. The second-order valence-electron chi connectivity index (χ2n) is 7.14. The van der Waals surface area contributed by atoms with Crippen molar-refractivity contribution in [1.82, 2.24) is 19.7 Å². The van der Waals surface area contributed by atoms with E-state index >= 15 is 0 Å². The molecule has 29 heavy (non-hydrogen) atoms. The molecule has 0 atom stereocenters. The van der Waals surface area contributed by atoms with E-state index in [1.165, 1.54) is 11.8 Å². The first-order valence-corrected chi connectivity index (χ1v) is 10.6. The number of carbonyl (C=O) groups excluding carboxylic acids is 1. The number of aromatic nitrogens is 3. The fourth-order valence-corrected chi connectivity index (χ4v) is 4.37. The Morgan fingerprint density at radius 3 is 2.55 bits per heavy atom. The molecule has 0 unspecified atom stereocenters. The van der Waals surface area contributed by atoms with E-state index in [0.29, 0.717) is 21.7 Å². The van der Waals surface area contributed by atoms with Gasteiger partial charge in [-0.2, -0.15) is 5.10 Å². The normalized spacial score (nSPS) is 15.7. The number of pyridine rings is 1. The summed E-state index contributed by atoms with van der Waals surface area (Å²) in [5, 5.41) is 4.78. The number of carbonyl (C=O) groups is 1. The van der Waals surface area contributed by atoms with E-state index in [0.717, 1.165) is 22.5 Å². The number of benzene rings is 1. The molecule has 3 heterocycles. The van der Waals surface area contributed by atoms with E-state index in [-0.39, 0.29) is 5.91 Å². The van der Waals surface area contributed by atoms with Gasteiger partial charge in [0.2, 0.25) is 0 Å². The second-order valence-corrected chi connectivity index (χ2v) is 8.81. The topological polar surface area (TPSA) is 51.0 Å². The first kappa shape index (κ1) is 19.5. The molecule has 146 valence electrons. The zero-order chi connectivity index (χ0) is 20.4. The van der Waals surface area contributed by atoms with Crippen LogP contribution in [0.1, 0.15) is 19.4 Å². The Kier molecular flexibility index (Phi) is 5.60. The molecule has 1 aromatic carbocycles. The highest BCUT2D eigenvalue weighted by Crippen LogP contribution is 2.35. The Balaban J connectivity index is 1.77. The van der Waals surface area contributed by atoms with Gasteiger partial charge < -0.3 is 0 Å². The van der Waals surface area contributed by atoms with E-state index in [9.17, 15) is 4.79 Å². The maximum absolute atomic E-state index is 12.9. The Bertz CT molecular complexity index is 1070. The van der Waals surface area contributed by atoms with Gasteiger partial charge in [-0.1, -0.05) is 56.0 Å². The zero-order valence-electron chi connectivity index (χ0n) is 16.1. The third kappa shape index (κ3) is 4.16. The number of thiocarbonyl (C=S) groups is 1. The lowest BCUT2D eigenvalue weighted by Gasteiger charge is -2.16.